The lowest BCUT2D eigenvalue weighted by Gasteiger charge is -2.16. The molecule has 33 heavy (non-hydrogen) atoms. The molecule has 1 unspecified atom stereocenters. The van der Waals surface area contributed by atoms with Crippen LogP contribution in [0.1, 0.15) is 24.0 Å². The Kier molecular flexibility index (Phi) is 8.05. The fourth-order valence-electron chi connectivity index (χ4n) is 2.68. The summed E-state index contributed by atoms with van der Waals surface area (Å²) < 4.78 is 67.3. The summed E-state index contributed by atoms with van der Waals surface area (Å²) in [6, 6.07) is 3.84. The van der Waals surface area contributed by atoms with Crippen LogP contribution in [0.15, 0.2) is 24.3 Å². The number of hydrogen-bond donors (Lipinski definition) is 5. The zero-order chi connectivity index (χ0) is 24.9. The lowest BCUT2D eigenvalue weighted by Crippen LogP contribution is -2.43. The summed E-state index contributed by atoms with van der Waals surface area (Å²) >= 11 is 0. The lowest BCUT2D eigenvalue weighted by molar-refractivity contribution is -0.141. The molecule has 0 aliphatic carbocycles. The highest BCUT2D eigenvalue weighted by molar-refractivity contribution is 5.97. The van der Waals surface area contributed by atoms with Crippen molar-refractivity contribution in [3.8, 4) is 0 Å². The third kappa shape index (κ3) is 6.24. The molecule has 0 saturated heterocycles. The number of nitrogens with one attached hydrogen (secondary N) is 3. The third-order valence-corrected chi connectivity index (χ3v) is 4.40. The van der Waals surface area contributed by atoms with Crippen LogP contribution in [-0.4, -0.2) is 34.8 Å². The number of carboxylic acid groups (broad SMARTS) is 1. The van der Waals surface area contributed by atoms with Crippen molar-refractivity contribution in [2.45, 2.75) is 25.3 Å². The maximum absolute atomic E-state index is 13.8. The van der Waals surface area contributed by atoms with Gasteiger partial charge in [-0.05, 0) is 24.3 Å². The molecule has 0 aromatic heterocycles. The highest BCUT2D eigenvalue weighted by Gasteiger charge is 2.30. The largest absolute Gasteiger partial charge is 0.480 e. The molecule has 2 amide bonds. The predicted molar refractivity (Wildman–Crippen MR) is 105 cm³/mol. The highest BCUT2D eigenvalue weighted by Crippen LogP contribution is 2.24. The summed E-state index contributed by atoms with van der Waals surface area (Å²) in [5.74, 6) is -14.9. The second-order valence-corrected chi connectivity index (χ2v) is 6.75. The van der Waals surface area contributed by atoms with Gasteiger partial charge in [0.25, 0.3) is 0 Å². The van der Waals surface area contributed by atoms with E-state index < -0.39 is 77.7 Å². The zero-order valence-electron chi connectivity index (χ0n) is 16.6. The molecule has 0 heterocycles. The number of hydrogen-bond acceptors (Lipinski definition) is 4. The van der Waals surface area contributed by atoms with E-state index in [2.05, 4.69) is 5.32 Å². The fraction of sp³-hybridized carbons (Fsp3) is 0.200. The van der Waals surface area contributed by atoms with E-state index in [1.54, 1.807) is 0 Å². The molecule has 13 heteroatoms. The van der Waals surface area contributed by atoms with Crippen LogP contribution >= 0.6 is 0 Å². The average molecular weight is 472 g/mol. The van der Waals surface area contributed by atoms with Gasteiger partial charge in [-0.3, -0.25) is 15.0 Å². The molecule has 1 atom stereocenters. The minimum atomic E-state index is -2.40. The Labute approximate surface area is 183 Å². The van der Waals surface area contributed by atoms with Crippen LogP contribution in [0.25, 0.3) is 0 Å². The van der Waals surface area contributed by atoms with Crippen molar-refractivity contribution < 1.29 is 41.4 Å². The number of amidine groups is 1. The van der Waals surface area contributed by atoms with Crippen LogP contribution in [0.2, 0.25) is 0 Å². The van der Waals surface area contributed by atoms with Gasteiger partial charge < -0.3 is 21.5 Å². The van der Waals surface area contributed by atoms with Gasteiger partial charge in [0.2, 0.25) is 17.6 Å². The summed E-state index contributed by atoms with van der Waals surface area (Å²) in [7, 11) is 0. The summed E-state index contributed by atoms with van der Waals surface area (Å²) in [5, 5.41) is 20.8. The molecule has 0 aliphatic heterocycles. The fourth-order valence-corrected chi connectivity index (χ4v) is 2.68. The van der Waals surface area contributed by atoms with Crippen molar-refractivity contribution in [3.05, 3.63) is 64.5 Å². The summed E-state index contributed by atoms with van der Waals surface area (Å²) in [6.07, 6.45) is -2.16. The maximum Gasteiger partial charge on any atom is 0.326 e. The number of carboxylic acids is 1. The zero-order valence-corrected chi connectivity index (χ0v) is 16.6. The van der Waals surface area contributed by atoms with Crippen molar-refractivity contribution in [3.63, 3.8) is 0 Å². The first-order valence-corrected chi connectivity index (χ1v) is 9.19. The number of aliphatic carboxylic acids is 1. The molecule has 2 rings (SSSR count). The molecule has 2 aromatic rings. The predicted octanol–water partition coefficient (Wildman–Crippen LogP) is 2.20. The van der Waals surface area contributed by atoms with E-state index in [0.29, 0.717) is 11.3 Å². The number of anilines is 1. The van der Waals surface area contributed by atoms with Crippen LogP contribution in [0, 0.1) is 34.5 Å². The molecule has 0 saturated carbocycles. The topological polar surface area (TPSA) is 145 Å². The SMILES string of the molecule is N=C(N)c1ccc(NC(=O)CCC(=O)NC(Cc2c(F)c(F)c(F)c(F)c2F)C(=O)O)cc1. The van der Waals surface area contributed by atoms with Crippen molar-refractivity contribution in [2.75, 3.05) is 5.32 Å². The Morgan fingerprint density at radius 1 is 0.879 bits per heavy atom. The number of nitrogen functional groups attached to an aromatic ring is 1. The summed E-state index contributed by atoms with van der Waals surface area (Å²) in [4.78, 5) is 35.3. The summed E-state index contributed by atoms with van der Waals surface area (Å²) in [5.41, 5.74) is 4.66. The number of nitrogens with two attached hydrogens (primary N) is 1. The average Bonchev–Trinajstić information content (AvgIpc) is 2.77. The monoisotopic (exact) mass is 472 g/mol. The standard InChI is InChI=1S/C20H17F5N4O4/c21-14-10(15(22)17(24)18(25)16(14)23)7-11(20(32)33)29-13(31)6-5-12(30)28-9-3-1-8(2-4-9)19(26)27/h1-4,11H,5-7H2,(H3,26,27)(H,28,30)(H,29,31)(H,32,33). The van der Waals surface area contributed by atoms with Gasteiger partial charge >= 0.3 is 5.97 Å². The second-order valence-electron chi connectivity index (χ2n) is 6.75. The molecule has 2 aromatic carbocycles. The van der Waals surface area contributed by atoms with Gasteiger partial charge in [-0.2, -0.15) is 0 Å². The Balaban J connectivity index is 1.99. The first-order chi connectivity index (χ1) is 15.4. The van der Waals surface area contributed by atoms with E-state index in [1.807, 2.05) is 5.32 Å². The van der Waals surface area contributed by atoms with E-state index in [4.69, 9.17) is 16.2 Å². The lowest BCUT2D eigenvalue weighted by atomic mass is 10.0. The van der Waals surface area contributed by atoms with Crippen LogP contribution in [0.4, 0.5) is 27.6 Å². The minimum absolute atomic E-state index is 0.177. The highest BCUT2D eigenvalue weighted by atomic mass is 19.2. The number of rotatable bonds is 9. The summed E-state index contributed by atoms with van der Waals surface area (Å²) in [6.45, 7) is 0. The van der Waals surface area contributed by atoms with Gasteiger partial charge in [0.05, 0.1) is 0 Å². The van der Waals surface area contributed by atoms with Gasteiger partial charge in [-0.1, -0.05) is 0 Å². The Morgan fingerprint density at radius 3 is 1.85 bits per heavy atom. The molecule has 8 nitrogen and oxygen atoms in total. The Morgan fingerprint density at radius 2 is 1.36 bits per heavy atom. The molecule has 0 radical (unpaired) electrons. The van der Waals surface area contributed by atoms with Crippen LogP contribution < -0.4 is 16.4 Å². The van der Waals surface area contributed by atoms with Crippen LogP contribution in [-0.2, 0) is 20.8 Å². The normalized spacial score (nSPS) is 11.5. The number of halogens is 5. The first-order valence-electron chi connectivity index (χ1n) is 9.19. The molecular formula is C20H17F5N4O4. The maximum atomic E-state index is 13.8. The van der Waals surface area contributed by atoms with Gasteiger partial charge in [-0.25, -0.2) is 26.7 Å². The Hall–Kier alpha value is -4.03. The van der Waals surface area contributed by atoms with Crippen LogP contribution in [0.3, 0.4) is 0 Å². The number of benzene rings is 2. The van der Waals surface area contributed by atoms with E-state index in [-0.39, 0.29) is 5.84 Å². The van der Waals surface area contributed by atoms with Gasteiger partial charge in [0.15, 0.2) is 23.3 Å². The molecule has 0 fully saturated rings. The van der Waals surface area contributed by atoms with E-state index in [0.717, 1.165) is 0 Å². The molecular weight excluding hydrogens is 455 g/mol. The Bertz CT molecular complexity index is 1080. The first kappa shape index (κ1) is 25.2. The van der Waals surface area contributed by atoms with Crippen molar-refractivity contribution in [1.82, 2.24) is 5.32 Å². The number of carbonyl (C=O) groups excluding carboxylic acids is 2. The smallest absolute Gasteiger partial charge is 0.326 e. The van der Waals surface area contributed by atoms with E-state index >= 15 is 0 Å². The van der Waals surface area contributed by atoms with Gasteiger partial charge in [0, 0.05) is 36.1 Å². The number of carbonyl (C=O) groups is 3. The molecule has 0 bridgehead atoms. The van der Waals surface area contributed by atoms with E-state index in [9.17, 15) is 36.3 Å². The van der Waals surface area contributed by atoms with Crippen molar-refractivity contribution in [2.24, 2.45) is 5.73 Å². The minimum Gasteiger partial charge on any atom is -0.480 e. The van der Waals surface area contributed by atoms with Gasteiger partial charge in [-0.15, -0.1) is 0 Å². The van der Waals surface area contributed by atoms with Crippen molar-refractivity contribution in [1.29, 1.82) is 5.41 Å². The molecule has 0 spiro atoms. The molecule has 0 aliphatic rings. The van der Waals surface area contributed by atoms with Gasteiger partial charge in [0.1, 0.15) is 11.9 Å². The number of amides is 2. The molecule has 176 valence electrons. The van der Waals surface area contributed by atoms with Crippen molar-refractivity contribution >= 4 is 29.3 Å². The molecule has 6 N–H and O–H groups in total. The van der Waals surface area contributed by atoms with Crippen LogP contribution in [0.5, 0.6) is 0 Å². The second kappa shape index (κ2) is 10.5. The quantitative estimate of drug-likeness (QED) is 0.125. The van der Waals surface area contributed by atoms with E-state index in [1.165, 1.54) is 24.3 Å². The third-order valence-electron chi connectivity index (χ3n) is 4.40.